The minimum atomic E-state index is 0.559. The predicted octanol–water partition coefficient (Wildman–Crippen LogP) is 3.43. The van der Waals surface area contributed by atoms with Crippen molar-refractivity contribution >= 4 is 17.4 Å². The Balaban J connectivity index is 2.08. The predicted molar refractivity (Wildman–Crippen MR) is 70.1 cm³/mol. The lowest BCUT2D eigenvalue weighted by Crippen LogP contribution is -1.99. The highest BCUT2D eigenvalue weighted by Crippen LogP contribution is 2.39. The number of nitrogens with zero attached hydrogens (tertiary/aromatic N) is 2. The summed E-state index contributed by atoms with van der Waals surface area (Å²) in [6, 6.07) is 6.35. The first kappa shape index (κ1) is 10.7. The molecule has 1 aliphatic rings. The van der Waals surface area contributed by atoms with Crippen molar-refractivity contribution in [3.63, 3.8) is 0 Å². The number of imidazole rings is 1. The number of halogens is 1. The largest absolute Gasteiger partial charge is 0.383 e. The molecule has 0 amide bonds. The van der Waals surface area contributed by atoms with E-state index in [9.17, 15) is 0 Å². The van der Waals surface area contributed by atoms with Crippen LogP contribution in [0.2, 0.25) is 5.02 Å². The van der Waals surface area contributed by atoms with Crippen molar-refractivity contribution in [3.8, 4) is 11.3 Å². The van der Waals surface area contributed by atoms with Crippen LogP contribution in [0.1, 0.15) is 24.4 Å². The minimum Gasteiger partial charge on any atom is -0.383 e. The average Bonchev–Trinajstić information content (AvgIpc) is 3.04. The second-order valence-corrected chi connectivity index (χ2v) is 5.01. The molecule has 3 nitrogen and oxygen atoms in total. The highest BCUT2D eigenvalue weighted by Gasteiger charge is 2.26. The molecule has 1 fully saturated rings. The average molecular weight is 248 g/mol. The lowest BCUT2D eigenvalue weighted by Gasteiger charge is -2.06. The van der Waals surface area contributed by atoms with Gasteiger partial charge >= 0.3 is 0 Å². The van der Waals surface area contributed by atoms with Crippen molar-refractivity contribution in [2.45, 2.75) is 25.8 Å². The van der Waals surface area contributed by atoms with E-state index in [2.05, 4.69) is 9.55 Å². The molecule has 1 aromatic carbocycles. The van der Waals surface area contributed by atoms with E-state index in [-0.39, 0.29) is 0 Å². The second-order valence-electron chi connectivity index (χ2n) is 4.58. The van der Waals surface area contributed by atoms with Gasteiger partial charge in [-0.2, -0.15) is 0 Å². The third-order valence-electron chi connectivity index (χ3n) is 3.22. The van der Waals surface area contributed by atoms with Crippen LogP contribution < -0.4 is 5.73 Å². The van der Waals surface area contributed by atoms with E-state index in [4.69, 9.17) is 17.3 Å². The molecule has 3 rings (SSSR count). The van der Waals surface area contributed by atoms with Gasteiger partial charge in [0.1, 0.15) is 11.5 Å². The Morgan fingerprint density at radius 3 is 2.82 bits per heavy atom. The Labute approximate surface area is 105 Å². The highest BCUT2D eigenvalue weighted by atomic mass is 35.5. The van der Waals surface area contributed by atoms with Crippen molar-refractivity contribution in [2.75, 3.05) is 5.73 Å². The van der Waals surface area contributed by atoms with E-state index in [1.54, 1.807) is 0 Å². The lowest BCUT2D eigenvalue weighted by atomic mass is 10.1. The second kappa shape index (κ2) is 3.77. The summed E-state index contributed by atoms with van der Waals surface area (Å²) in [6.07, 6.45) is 4.26. The molecule has 0 spiro atoms. The van der Waals surface area contributed by atoms with Gasteiger partial charge in [-0.1, -0.05) is 17.7 Å². The van der Waals surface area contributed by atoms with Crippen molar-refractivity contribution in [2.24, 2.45) is 0 Å². The molecule has 2 N–H and O–H groups in total. The fourth-order valence-corrected chi connectivity index (χ4v) is 2.34. The molecule has 1 heterocycles. The van der Waals surface area contributed by atoms with Crippen LogP contribution in [-0.4, -0.2) is 9.55 Å². The molecule has 1 aliphatic carbocycles. The van der Waals surface area contributed by atoms with Gasteiger partial charge in [0.2, 0.25) is 0 Å². The van der Waals surface area contributed by atoms with Gasteiger partial charge in [-0.15, -0.1) is 0 Å². The SMILES string of the molecule is Cc1cc(Cl)ccc1-c1ncn(C2CC2)c1N. The van der Waals surface area contributed by atoms with Crippen molar-refractivity contribution < 1.29 is 0 Å². The lowest BCUT2D eigenvalue weighted by molar-refractivity contribution is 0.751. The van der Waals surface area contributed by atoms with Crippen LogP contribution in [0.3, 0.4) is 0 Å². The first-order valence-electron chi connectivity index (χ1n) is 5.75. The molecule has 0 saturated heterocycles. The summed E-state index contributed by atoms with van der Waals surface area (Å²) < 4.78 is 2.07. The van der Waals surface area contributed by atoms with Gasteiger partial charge in [-0.05, 0) is 37.5 Å². The van der Waals surface area contributed by atoms with E-state index >= 15 is 0 Å². The molecule has 0 unspecified atom stereocenters. The van der Waals surface area contributed by atoms with Crippen LogP contribution in [0.5, 0.6) is 0 Å². The first-order chi connectivity index (χ1) is 8.16. The summed E-state index contributed by atoms with van der Waals surface area (Å²) in [5, 5.41) is 0.742. The number of nitrogen functional groups attached to an aromatic ring is 1. The topological polar surface area (TPSA) is 43.8 Å². The monoisotopic (exact) mass is 247 g/mol. The van der Waals surface area contributed by atoms with Crippen LogP contribution in [0.4, 0.5) is 5.82 Å². The van der Waals surface area contributed by atoms with Gasteiger partial charge in [0.15, 0.2) is 0 Å². The molecule has 0 bridgehead atoms. The van der Waals surface area contributed by atoms with Gasteiger partial charge in [-0.3, -0.25) is 0 Å². The Bertz CT molecular complexity index is 570. The fourth-order valence-electron chi connectivity index (χ4n) is 2.11. The van der Waals surface area contributed by atoms with Gasteiger partial charge in [-0.25, -0.2) is 4.98 Å². The number of nitrogens with two attached hydrogens (primary N) is 1. The quantitative estimate of drug-likeness (QED) is 0.884. The number of aromatic nitrogens is 2. The Morgan fingerprint density at radius 1 is 1.41 bits per heavy atom. The maximum Gasteiger partial charge on any atom is 0.131 e. The maximum absolute atomic E-state index is 6.15. The number of hydrogen-bond acceptors (Lipinski definition) is 2. The first-order valence-corrected chi connectivity index (χ1v) is 6.13. The van der Waals surface area contributed by atoms with Crippen LogP contribution in [0, 0.1) is 6.92 Å². The summed E-state index contributed by atoms with van der Waals surface area (Å²) >= 11 is 5.95. The van der Waals surface area contributed by atoms with E-state index in [0.29, 0.717) is 6.04 Å². The third kappa shape index (κ3) is 1.80. The standard InChI is InChI=1S/C13H14ClN3/c1-8-6-9(14)2-5-11(8)12-13(15)17(7-16-12)10-3-4-10/h2,5-7,10H,3-4,15H2,1H3. The highest BCUT2D eigenvalue weighted by molar-refractivity contribution is 6.30. The number of hydrogen-bond donors (Lipinski definition) is 1. The molecule has 0 atom stereocenters. The van der Waals surface area contributed by atoms with E-state index in [1.165, 1.54) is 12.8 Å². The molecular weight excluding hydrogens is 234 g/mol. The van der Waals surface area contributed by atoms with Gasteiger partial charge in [0, 0.05) is 16.6 Å². The summed E-state index contributed by atoms with van der Waals surface area (Å²) in [7, 11) is 0. The van der Waals surface area contributed by atoms with Crippen molar-refractivity contribution in [1.29, 1.82) is 0 Å². The van der Waals surface area contributed by atoms with Crippen molar-refractivity contribution in [1.82, 2.24) is 9.55 Å². The molecule has 0 aliphatic heterocycles. The van der Waals surface area contributed by atoms with Gasteiger partial charge < -0.3 is 10.3 Å². The molecule has 88 valence electrons. The van der Waals surface area contributed by atoms with E-state index < -0.39 is 0 Å². The van der Waals surface area contributed by atoms with Crippen LogP contribution >= 0.6 is 11.6 Å². The molecule has 1 saturated carbocycles. The number of aryl methyl sites for hydroxylation is 1. The summed E-state index contributed by atoms with van der Waals surface area (Å²) in [6.45, 7) is 2.02. The van der Waals surface area contributed by atoms with Crippen LogP contribution in [-0.2, 0) is 0 Å². The zero-order valence-electron chi connectivity index (χ0n) is 9.65. The van der Waals surface area contributed by atoms with Gasteiger partial charge in [0.05, 0.1) is 6.33 Å². The van der Waals surface area contributed by atoms with Crippen LogP contribution in [0.15, 0.2) is 24.5 Å². The van der Waals surface area contributed by atoms with E-state index in [0.717, 1.165) is 27.7 Å². The Hall–Kier alpha value is -1.48. The fraction of sp³-hybridized carbons (Fsp3) is 0.308. The number of rotatable bonds is 2. The van der Waals surface area contributed by atoms with Crippen molar-refractivity contribution in [3.05, 3.63) is 35.1 Å². The third-order valence-corrected chi connectivity index (χ3v) is 3.45. The number of benzene rings is 1. The zero-order valence-corrected chi connectivity index (χ0v) is 10.4. The number of anilines is 1. The Morgan fingerprint density at radius 2 is 2.18 bits per heavy atom. The molecule has 17 heavy (non-hydrogen) atoms. The molecule has 0 radical (unpaired) electrons. The zero-order chi connectivity index (χ0) is 12.0. The molecule has 1 aromatic heterocycles. The normalized spacial score (nSPS) is 15.2. The summed E-state index contributed by atoms with van der Waals surface area (Å²) in [5.41, 5.74) is 9.18. The van der Waals surface area contributed by atoms with E-state index in [1.807, 2.05) is 31.5 Å². The summed E-state index contributed by atoms with van der Waals surface area (Å²) in [4.78, 5) is 4.43. The molecular formula is C13H14ClN3. The molecule has 2 aromatic rings. The summed E-state index contributed by atoms with van der Waals surface area (Å²) in [5.74, 6) is 0.762. The van der Waals surface area contributed by atoms with Gasteiger partial charge in [0.25, 0.3) is 0 Å². The molecule has 4 heteroatoms. The maximum atomic E-state index is 6.15. The smallest absolute Gasteiger partial charge is 0.131 e. The minimum absolute atomic E-state index is 0.559. The van der Waals surface area contributed by atoms with Crippen LogP contribution in [0.25, 0.3) is 11.3 Å². The Kier molecular flexibility index (Phi) is 2.37.